The lowest BCUT2D eigenvalue weighted by molar-refractivity contribution is -0.160. The molecule has 0 bridgehead atoms. The molecule has 1 saturated heterocycles. The van der Waals surface area contributed by atoms with E-state index in [1.807, 2.05) is 0 Å². The van der Waals surface area contributed by atoms with Crippen molar-refractivity contribution in [2.75, 3.05) is 27.2 Å². The maximum absolute atomic E-state index is 13.3. The fourth-order valence-corrected chi connectivity index (χ4v) is 2.95. The highest BCUT2D eigenvalue weighted by molar-refractivity contribution is 5.76. The van der Waals surface area contributed by atoms with Crippen LogP contribution in [0, 0.1) is 17.7 Å². The van der Waals surface area contributed by atoms with Crippen molar-refractivity contribution in [1.82, 2.24) is 4.90 Å². The third-order valence-electron chi connectivity index (χ3n) is 4.65. The molecule has 168 valence electrons. The van der Waals surface area contributed by atoms with Gasteiger partial charge in [-0.2, -0.15) is 0 Å². The zero-order valence-electron chi connectivity index (χ0n) is 33.5. The predicted molar refractivity (Wildman–Crippen MR) is 118 cm³/mol. The average molecular weight is 435 g/mol. The number of nitrogens with zero attached hydrogens (tertiary/aromatic N) is 1. The molecule has 6 nitrogen and oxygen atoms in total. The number of carbonyl (C=O) groups excluding carboxylic acids is 1. The van der Waals surface area contributed by atoms with E-state index < -0.39 is 91.9 Å². The molecule has 2 heterocycles. The maximum atomic E-state index is 13.3. The summed E-state index contributed by atoms with van der Waals surface area (Å²) in [5.41, 5.74) is 4.78. The van der Waals surface area contributed by atoms with Gasteiger partial charge in [-0.25, -0.2) is 0 Å². The first-order valence-corrected chi connectivity index (χ1v) is 9.38. The number of nitrogens with two attached hydrogens (primary N) is 1. The molecule has 1 aromatic rings. The lowest BCUT2D eigenvalue weighted by Crippen LogP contribution is -2.51. The summed E-state index contributed by atoms with van der Waals surface area (Å²) < 4.78 is 157. The Bertz CT molecular complexity index is 1380. The molecule has 30 heavy (non-hydrogen) atoms. The molecule has 0 radical (unpaired) electrons. The Labute approximate surface area is 203 Å². The van der Waals surface area contributed by atoms with Crippen LogP contribution in [0.2, 0.25) is 0 Å². The van der Waals surface area contributed by atoms with E-state index in [2.05, 4.69) is 0 Å². The van der Waals surface area contributed by atoms with Crippen LogP contribution in [0.25, 0.3) is 0 Å². The van der Waals surface area contributed by atoms with Crippen molar-refractivity contribution < 1.29 is 40.9 Å². The molecule has 4 unspecified atom stereocenters. The molecule has 2 N–H and O–H groups in total. The summed E-state index contributed by atoms with van der Waals surface area (Å²) in [5.74, 6) is -10.5. The minimum Gasteiger partial charge on any atom is -0.493 e. The number of carbonyl (C=O) groups is 1. The Hall–Kier alpha value is -1.79. The predicted octanol–water partition coefficient (Wildman–Crippen LogP) is 3.56. The van der Waals surface area contributed by atoms with Crippen LogP contribution in [0.5, 0.6) is 11.5 Å². The van der Waals surface area contributed by atoms with Crippen LogP contribution in [0.1, 0.15) is 79.5 Å². The largest absolute Gasteiger partial charge is 0.493 e. The second-order valence-corrected chi connectivity index (χ2v) is 7.20. The number of esters is 1. The van der Waals surface area contributed by atoms with Crippen LogP contribution in [0.15, 0.2) is 12.1 Å². The highest BCUT2D eigenvalue weighted by atomic mass is 16.5. The fourth-order valence-electron chi connectivity index (χ4n) is 2.95. The Morgan fingerprint density at radius 2 is 2.10 bits per heavy atom. The normalized spacial score (nSPS) is 47.2. The minimum atomic E-state index is -4.35. The SMILES string of the molecule is [2H]C([2H])([2H])C([2H])(C)C([2H])([2H])C1([2H])C([2H])([2H])N2C(c3cc(OC)c(OC)cc3C([2H])([2H])C2([2H])[2H])C([2H])([2H])C1([2H])OC(=O)[C@@H](N)C(C)C. The molecule has 1 fully saturated rings. The molecular weight excluding hydrogens is 380 g/mol. The molecule has 6 heteroatoms. The summed E-state index contributed by atoms with van der Waals surface area (Å²) in [6, 6.07) is -2.11. The lowest BCUT2D eigenvalue weighted by Gasteiger charge is -2.47. The van der Waals surface area contributed by atoms with E-state index in [9.17, 15) is 13.0 Å². The summed E-state index contributed by atoms with van der Waals surface area (Å²) in [7, 11) is 2.36. The van der Waals surface area contributed by atoms with Gasteiger partial charge in [0.25, 0.3) is 0 Å². The Kier molecular flexibility index (Phi) is 3.12. The highest BCUT2D eigenvalue weighted by Gasteiger charge is 2.41. The van der Waals surface area contributed by atoms with Gasteiger partial charge in [0.15, 0.2) is 11.5 Å². The maximum Gasteiger partial charge on any atom is 0.323 e. The molecule has 5 atom stereocenters. The van der Waals surface area contributed by atoms with E-state index in [-0.39, 0.29) is 16.4 Å². The summed E-state index contributed by atoms with van der Waals surface area (Å²) in [4.78, 5) is 13.2. The van der Waals surface area contributed by atoms with E-state index >= 15 is 0 Å². The van der Waals surface area contributed by atoms with Gasteiger partial charge in [0.2, 0.25) is 0 Å². The molecule has 0 aromatic heterocycles. The van der Waals surface area contributed by atoms with Crippen LogP contribution in [0.4, 0.5) is 0 Å². The monoisotopic (exact) mass is 434 g/mol. The summed E-state index contributed by atoms with van der Waals surface area (Å²) in [6.07, 6.45) is -15.4. The molecule has 1 aromatic carbocycles. The number of aryl methyl sites for hydroxylation is 1. The summed E-state index contributed by atoms with van der Waals surface area (Å²) in [6.45, 7) is -8.12. The van der Waals surface area contributed by atoms with Gasteiger partial charge in [-0.1, -0.05) is 27.6 Å². The molecular formula is C24H38N2O4. The Balaban J connectivity index is 2.64. The van der Waals surface area contributed by atoms with Gasteiger partial charge in [-0.15, -0.1) is 0 Å². The first kappa shape index (κ1) is 9.78. The van der Waals surface area contributed by atoms with E-state index in [4.69, 9.17) is 33.7 Å². The van der Waals surface area contributed by atoms with Crippen LogP contribution >= 0.6 is 0 Å². The third-order valence-corrected chi connectivity index (χ3v) is 4.65. The van der Waals surface area contributed by atoms with E-state index in [1.54, 1.807) is 0 Å². The quantitative estimate of drug-likeness (QED) is 0.662. The van der Waals surface area contributed by atoms with Crippen molar-refractivity contribution in [1.29, 1.82) is 0 Å². The van der Waals surface area contributed by atoms with Crippen LogP contribution < -0.4 is 15.2 Å². The van der Waals surface area contributed by atoms with Crippen LogP contribution in [-0.4, -0.2) is 50.2 Å². The van der Waals surface area contributed by atoms with Gasteiger partial charge in [0, 0.05) is 51.9 Å². The van der Waals surface area contributed by atoms with Gasteiger partial charge < -0.3 is 19.9 Å². The zero-order valence-corrected chi connectivity index (χ0v) is 17.5. The summed E-state index contributed by atoms with van der Waals surface area (Å²) in [5, 5.41) is 0. The topological polar surface area (TPSA) is 74.0 Å². The molecule has 2 aliphatic heterocycles. The molecule has 0 spiro atoms. The highest BCUT2D eigenvalue weighted by Crippen LogP contribution is 2.44. The number of benzene rings is 1. The first-order valence-electron chi connectivity index (χ1n) is 17.4. The van der Waals surface area contributed by atoms with Gasteiger partial charge in [0.1, 0.15) is 12.1 Å². The van der Waals surface area contributed by atoms with Gasteiger partial charge >= 0.3 is 5.97 Å². The van der Waals surface area contributed by atoms with Crippen molar-refractivity contribution in [2.45, 2.75) is 64.9 Å². The number of hydrogen-bond donors (Lipinski definition) is 1. The van der Waals surface area contributed by atoms with Crippen molar-refractivity contribution in [3.05, 3.63) is 23.3 Å². The van der Waals surface area contributed by atoms with E-state index in [0.717, 1.165) is 12.1 Å². The fraction of sp³-hybridized carbons (Fsp3) is 0.708. The molecule has 0 aliphatic carbocycles. The molecule has 2 aliphatic rings. The number of piperidine rings is 1. The number of methoxy groups -OCH3 is 2. The van der Waals surface area contributed by atoms with E-state index in [0.29, 0.717) is 6.92 Å². The number of rotatable bonds is 7. The zero-order chi connectivity index (χ0) is 36.2. The van der Waals surface area contributed by atoms with Crippen molar-refractivity contribution in [3.63, 3.8) is 0 Å². The van der Waals surface area contributed by atoms with Gasteiger partial charge in [0.05, 0.1) is 15.6 Å². The third kappa shape index (κ3) is 4.75. The standard InChI is InChI=1S/C24H38N2O4/c1-14(2)9-17-13-26-8-7-16-10-21(28-5)22(29-6)11-18(16)19(26)12-20(17)30-24(27)23(25)15(3)4/h10-11,14-15,17,19-20,23H,7-9,12-13,25H2,1-6H3/t17?,19?,20?,23-/m0/s1/i1D3,7D2,8D2,9D2,12D2,13D2,14D,17D,20D/t14?,17?,19?,20?,23-. The average Bonchev–Trinajstić information content (AvgIpc) is 2.91. The number of ether oxygens (including phenoxy) is 3. The second-order valence-electron chi connectivity index (χ2n) is 7.20. The molecule has 3 rings (SSSR count). The number of hydrogen-bond acceptors (Lipinski definition) is 6. The van der Waals surface area contributed by atoms with Crippen LogP contribution in [0.3, 0.4) is 0 Å². The van der Waals surface area contributed by atoms with Crippen LogP contribution in [-0.2, 0) is 15.9 Å². The van der Waals surface area contributed by atoms with Gasteiger partial charge in [-0.3, -0.25) is 9.69 Å². The Morgan fingerprint density at radius 3 is 2.73 bits per heavy atom. The van der Waals surface area contributed by atoms with Crippen molar-refractivity contribution in [3.8, 4) is 11.5 Å². The molecule has 0 saturated carbocycles. The Morgan fingerprint density at radius 1 is 1.40 bits per heavy atom. The van der Waals surface area contributed by atoms with E-state index in [1.165, 1.54) is 28.1 Å². The van der Waals surface area contributed by atoms with Crippen molar-refractivity contribution in [2.24, 2.45) is 23.4 Å². The number of fused-ring (bicyclic) bond motifs is 3. The molecule has 0 amide bonds. The summed E-state index contributed by atoms with van der Waals surface area (Å²) >= 11 is 0. The van der Waals surface area contributed by atoms with Gasteiger partial charge in [-0.05, 0) is 47.8 Å². The minimum absolute atomic E-state index is 0.113. The smallest absolute Gasteiger partial charge is 0.323 e. The second kappa shape index (κ2) is 9.56. The van der Waals surface area contributed by atoms with Crippen molar-refractivity contribution >= 4 is 5.97 Å². The first-order chi connectivity index (χ1) is 20.3. The lowest BCUT2D eigenvalue weighted by atomic mass is 9.79.